The van der Waals surface area contributed by atoms with E-state index in [2.05, 4.69) is 4.57 Å². The molecule has 1 aliphatic rings. The third-order valence-electron chi connectivity index (χ3n) is 2.57. The van der Waals surface area contributed by atoms with Gasteiger partial charge in [0.2, 0.25) is 0 Å². The van der Waals surface area contributed by atoms with Gasteiger partial charge in [-0.1, -0.05) is 6.92 Å². The molecule has 1 unspecified atom stereocenters. The van der Waals surface area contributed by atoms with Crippen molar-refractivity contribution >= 4 is 5.78 Å². The molecule has 0 N–H and O–H groups in total. The number of nitrogens with zero attached hydrogens (tertiary/aromatic N) is 1. The van der Waals surface area contributed by atoms with Crippen LogP contribution in [0.4, 0.5) is 0 Å². The quantitative estimate of drug-likeness (QED) is 0.574. The Balaban J connectivity index is 2.41. The van der Waals surface area contributed by atoms with Crippen molar-refractivity contribution in [3.63, 3.8) is 0 Å². The van der Waals surface area contributed by atoms with Crippen molar-refractivity contribution in [2.24, 2.45) is 5.92 Å². The molecular formula is C10H13NO. The van der Waals surface area contributed by atoms with Crippen molar-refractivity contribution in [3.05, 3.63) is 24.0 Å². The summed E-state index contributed by atoms with van der Waals surface area (Å²) in [5.74, 6) is 0.513. The van der Waals surface area contributed by atoms with Gasteiger partial charge in [0, 0.05) is 18.7 Å². The fourth-order valence-electron chi connectivity index (χ4n) is 1.78. The summed E-state index contributed by atoms with van der Waals surface area (Å²) in [6.07, 6.45) is 4.14. The molecule has 2 heteroatoms. The highest BCUT2D eigenvalue weighted by Crippen LogP contribution is 2.19. The lowest BCUT2D eigenvalue weighted by Gasteiger charge is -2.03. The Morgan fingerprint density at radius 3 is 3.25 bits per heavy atom. The van der Waals surface area contributed by atoms with Gasteiger partial charge in [-0.25, -0.2) is 0 Å². The minimum Gasteiger partial charge on any atom is -0.345 e. The van der Waals surface area contributed by atoms with E-state index < -0.39 is 0 Å². The molecule has 64 valence electrons. The average molecular weight is 163 g/mol. The summed E-state index contributed by atoms with van der Waals surface area (Å²) in [7, 11) is 0. The summed E-state index contributed by atoms with van der Waals surface area (Å²) in [5.41, 5.74) is 0.889. The van der Waals surface area contributed by atoms with Crippen molar-refractivity contribution < 1.29 is 4.79 Å². The zero-order chi connectivity index (χ0) is 8.55. The third-order valence-corrected chi connectivity index (χ3v) is 2.57. The molecule has 0 aliphatic carbocycles. The maximum atomic E-state index is 11.7. The van der Waals surface area contributed by atoms with E-state index in [0.717, 1.165) is 25.1 Å². The topological polar surface area (TPSA) is 22.0 Å². The van der Waals surface area contributed by atoms with Crippen LogP contribution in [0.1, 0.15) is 30.3 Å². The molecule has 0 saturated carbocycles. The van der Waals surface area contributed by atoms with E-state index in [4.69, 9.17) is 0 Å². The zero-order valence-corrected chi connectivity index (χ0v) is 7.29. The SMILES string of the molecule is CC1CCCn2cccc2C1=O. The molecule has 0 fully saturated rings. The van der Waals surface area contributed by atoms with Gasteiger partial charge in [0.25, 0.3) is 0 Å². The van der Waals surface area contributed by atoms with Gasteiger partial charge in [-0.3, -0.25) is 4.79 Å². The number of fused-ring (bicyclic) bond motifs is 1. The molecule has 0 saturated heterocycles. The lowest BCUT2D eigenvalue weighted by Crippen LogP contribution is -2.11. The fraction of sp³-hybridized carbons (Fsp3) is 0.500. The Bertz CT molecular complexity index is 301. The normalized spacial score (nSPS) is 23.4. The van der Waals surface area contributed by atoms with Crippen LogP contribution in [0.15, 0.2) is 18.3 Å². The summed E-state index contributed by atoms with van der Waals surface area (Å²) in [4.78, 5) is 11.7. The number of Topliss-reactive ketones (excluding diaryl/α,β-unsaturated/α-hetero) is 1. The number of aromatic nitrogens is 1. The van der Waals surface area contributed by atoms with Crippen molar-refractivity contribution in [2.75, 3.05) is 0 Å². The fourth-order valence-corrected chi connectivity index (χ4v) is 1.78. The maximum Gasteiger partial charge on any atom is 0.181 e. The first-order chi connectivity index (χ1) is 5.79. The summed E-state index contributed by atoms with van der Waals surface area (Å²) in [6.45, 7) is 3.02. The van der Waals surface area contributed by atoms with E-state index in [0.29, 0.717) is 5.78 Å². The van der Waals surface area contributed by atoms with E-state index >= 15 is 0 Å². The van der Waals surface area contributed by atoms with Gasteiger partial charge in [0.05, 0.1) is 5.69 Å². The molecule has 0 amide bonds. The van der Waals surface area contributed by atoms with Crippen LogP contribution in [0.5, 0.6) is 0 Å². The Labute approximate surface area is 72.2 Å². The second-order valence-corrected chi connectivity index (χ2v) is 3.49. The average Bonchev–Trinajstić information content (AvgIpc) is 2.46. The molecule has 2 nitrogen and oxygen atoms in total. The van der Waals surface area contributed by atoms with Crippen LogP contribution in [0.3, 0.4) is 0 Å². The second kappa shape index (κ2) is 2.77. The van der Waals surface area contributed by atoms with Gasteiger partial charge >= 0.3 is 0 Å². The lowest BCUT2D eigenvalue weighted by atomic mass is 10.0. The van der Waals surface area contributed by atoms with Crippen LogP contribution < -0.4 is 0 Å². The number of carbonyl (C=O) groups excluding carboxylic acids is 1. The van der Waals surface area contributed by atoms with E-state index in [1.807, 2.05) is 25.3 Å². The number of hydrogen-bond donors (Lipinski definition) is 0. The summed E-state index contributed by atoms with van der Waals surface area (Å²) in [5, 5.41) is 0. The standard InChI is InChI=1S/C10H13NO/c1-8-4-2-6-11-7-3-5-9(11)10(8)12/h3,5,7-8H,2,4,6H2,1H3. The number of hydrogen-bond acceptors (Lipinski definition) is 1. The van der Waals surface area contributed by atoms with E-state index in [1.165, 1.54) is 0 Å². The molecule has 0 spiro atoms. The molecule has 0 bridgehead atoms. The van der Waals surface area contributed by atoms with Gasteiger partial charge in [0.15, 0.2) is 5.78 Å². The van der Waals surface area contributed by atoms with Gasteiger partial charge in [-0.2, -0.15) is 0 Å². The summed E-state index contributed by atoms with van der Waals surface area (Å²) < 4.78 is 2.06. The van der Waals surface area contributed by atoms with Crippen molar-refractivity contribution in [1.82, 2.24) is 4.57 Å². The molecule has 1 atom stereocenters. The Morgan fingerprint density at radius 1 is 1.58 bits per heavy atom. The molecule has 1 aromatic heterocycles. The minimum absolute atomic E-state index is 0.209. The van der Waals surface area contributed by atoms with Crippen LogP contribution in [-0.4, -0.2) is 10.4 Å². The largest absolute Gasteiger partial charge is 0.345 e. The second-order valence-electron chi connectivity index (χ2n) is 3.49. The molecule has 1 aliphatic heterocycles. The number of carbonyl (C=O) groups is 1. The van der Waals surface area contributed by atoms with Gasteiger partial charge < -0.3 is 4.57 Å². The lowest BCUT2D eigenvalue weighted by molar-refractivity contribution is 0.0923. The maximum absolute atomic E-state index is 11.7. The molecule has 12 heavy (non-hydrogen) atoms. The first-order valence-electron chi connectivity index (χ1n) is 4.48. The van der Waals surface area contributed by atoms with E-state index in [-0.39, 0.29) is 5.92 Å². The van der Waals surface area contributed by atoms with Crippen molar-refractivity contribution in [2.45, 2.75) is 26.3 Å². The molecule has 1 aromatic rings. The highest BCUT2D eigenvalue weighted by Gasteiger charge is 2.20. The summed E-state index contributed by atoms with van der Waals surface area (Å²) in [6, 6.07) is 3.87. The van der Waals surface area contributed by atoms with Crippen LogP contribution in [-0.2, 0) is 6.54 Å². The smallest absolute Gasteiger partial charge is 0.181 e. The highest BCUT2D eigenvalue weighted by molar-refractivity contribution is 5.96. The van der Waals surface area contributed by atoms with Crippen molar-refractivity contribution in [1.29, 1.82) is 0 Å². The number of ketones is 1. The zero-order valence-electron chi connectivity index (χ0n) is 7.29. The van der Waals surface area contributed by atoms with Crippen LogP contribution in [0.2, 0.25) is 0 Å². The number of aryl methyl sites for hydroxylation is 1. The van der Waals surface area contributed by atoms with Crippen molar-refractivity contribution in [3.8, 4) is 0 Å². The first kappa shape index (κ1) is 7.59. The molecule has 2 rings (SSSR count). The Morgan fingerprint density at radius 2 is 2.42 bits per heavy atom. The van der Waals surface area contributed by atoms with Crippen LogP contribution in [0.25, 0.3) is 0 Å². The van der Waals surface area contributed by atoms with E-state index in [9.17, 15) is 4.79 Å². The molecule has 2 heterocycles. The molecule has 0 radical (unpaired) electrons. The Kier molecular flexibility index (Phi) is 1.75. The summed E-state index contributed by atoms with van der Waals surface area (Å²) >= 11 is 0. The Hall–Kier alpha value is -1.05. The minimum atomic E-state index is 0.209. The van der Waals surface area contributed by atoms with Gasteiger partial charge in [-0.15, -0.1) is 0 Å². The number of rotatable bonds is 0. The highest BCUT2D eigenvalue weighted by atomic mass is 16.1. The third kappa shape index (κ3) is 1.07. The molecular weight excluding hydrogens is 150 g/mol. The predicted molar refractivity (Wildman–Crippen MR) is 47.2 cm³/mol. The monoisotopic (exact) mass is 163 g/mol. The first-order valence-corrected chi connectivity index (χ1v) is 4.48. The van der Waals surface area contributed by atoms with Gasteiger partial charge in [-0.05, 0) is 25.0 Å². The molecule has 0 aromatic carbocycles. The van der Waals surface area contributed by atoms with Crippen LogP contribution >= 0.6 is 0 Å². The van der Waals surface area contributed by atoms with E-state index in [1.54, 1.807) is 0 Å². The van der Waals surface area contributed by atoms with Crippen LogP contribution in [0, 0.1) is 5.92 Å². The predicted octanol–water partition coefficient (Wildman–Crippen LogP) is 2.10. The van der Waals surface area contributed by atoms with Gasteiger partial charge in [0.1, 0.15) is 0 Å².